The first-order chi connectivity index (χ1) is 24.4. The number of anilines is 1. The van der Waals surface area contributed by atoms with Crippen molar-refractivity contribution in [1.82, 2.24) is 24.3 Å². The first kappa shape index (κ1) is 35.3. The van der Waals surface area contributed by atoms with E-state index < -0.39 is 5.41 Å². The summed E-state index contributed by atoms with van der Waals surface area (Å²) in [5.41, 5.74) is 5.24. The Kier molecular flexibility index (Phi) is 9.54. The van der Waals surface area contributed by atoms with E-state index >= 15 is 0 Å². The van der Waals surface area contributed by atoms with Crippen LogP contribution in [-0.2, 0) is 16.6 Å². The highest BCUT2D eigenvalue weighted by molar-refractivity contribution is 6.09. The Labute approximate surface area is 302 Å². The van der Waals surface area contributed by atoms with Gasteiger partial charge in [-0.25, -0.2) is 9.37 Å². The normalized spacial score (nSPS) is 25.5. The summed E-state index contributed by atoms with van der Waals surface area (Å²) in [6.07, 6.45) is 11.6. The van der Waals surface area contributed by atoms with Crippen molar-refractivity contribution in [3.63, 3.8) is 0 Å². The van der Waals surface area contributed by atoms with E-state index in [1.807, 2.05) is 13.3 Å². The second-order valence-corrected chi connectivity index (χ2v) is 16.1. The molecule has 0 radical (unpaired) electrons. The minimum absolute atomic E-state index is 0.192. The van der Waals surface area contributed by atoms with Crippen molar-refractivity contribution in [3.05, 3.63) is 82.8 Å². The Morgan fingerprint density at radius 3 is 2.45 bits per heavy atom. The molecule has 0 bridgehead atoms. The van der Waals surface area contributed by atoms with E-state index in [2.05, 4.69) is 89.7 Å². The molecule has 1 aromatic carbocycles. The molecule has 7 rings (SSSR count). The summed E-state index contributed by atoms with van der Waals surface area (Å²) in [6, 6.07) is 9.19. The molecule has 1 amide bonds. The molecule has 5 heterocycles. The van der Waals surface area contributed by atoms with Gasteiger partial charge >= 0.3 is 0 Å². The van der Waals surface area contributed by atoms with E-state index in [4.69, 9.17) is 10.4 Å². The number of rotatable bonds is 8. The zero-order valence-electron chi connectivity index (χ0n) is 31.3. The van der Waals surface area contributed by atoms with E-state index in [0.29, 0.717) is 42.1 Å². The van der Waals surface area contributed by atoms with Gasteiger partial charge in [-0.3, -0.25) is 20.1 Å². The molecule has 3 fully saturated rings. The molecule has 8 nitrogen and oxygen atoms in total. The molecule has 270 valence electrons. The lowest BCUT2D eigenvalue weighted by Gasteiger charge is -2.46. The number of imidazole rings is 1. The second kappa shape index (κ2) is 13.8. The molecule has 51 heavy (non-hydrogen) atoms. The summed E-state index contributed by atoms with van der Waals surface area (Å²) < 4.78 is 16.6. The van der Waals surface area contributed by atoms with Crippen LogP contribution in [-0.4, -0.2) is 74.3 Å². The molecular formula is C42H54FN7O. The van der Waals surface area contributed by atoms with E-state index in [1.54, 1.807) is 12.3 Å². The van der Waals surface area contributed by atoms with Gasteiger partial charge in [-0.2, -0.15) is 0 Å². The molecule has 4 aliphatic rings. The molecule has 2 aromatic heterocycles. The Balaban J connectivity index is 1.21. The van der Waals surface area contributed by atoms with Crippen LogP contribution < -0.4 is 15.6 Å². The average Bonchev–Trinajstić information content (AvgIpc) is 3.72. The zero-order chi connectivity index (χ0) is 36.2. The fourth-order valence-electron chi connectivity index (χ4n) is 9.01. The summed E-state index contributed by atoms with van der Waals surface area (Å²) in [5, 5.41) is 10.1. The number of fused-ring (bicyclic) bond motifs is 2. The maximum Gasteiger partial charge on any atom is 0.238 e. The van der Waals surface area contributed by atoms with Gasteiger partial charge in [-0.1, -0.05) is 32.6 Å². The van der Waals surface area contributed by atoms with Gasteiger partial charge in [0.25, 0.3) is 0 Å². The van der Waals surface area contributed by atoms with Crippen LogP contribution in [0.15, 0.2) is 49.6 Å². The predicted octanol–water partition coefficient (Wildman–Crippen LogP) is 6.09. The van der Waals surface area contributed by atoms with Crippen LogP contribution >= 0.6 is 0 Å². The van der Waals surface area contributed by atoms with Crippen molar-refractivity contribution in [2.24, 2.45) is 11.8 Å². The SMILES string of the molecule is C=C(/C=c1/ncn(C(C)C)/c1=C(/C)CCc1ccncc1F)c1ccc2c(c1)N(C1CC(N3C[C@@H](C)[C@@H](C)C3)C1)C(=O)C21CCN(C(C)=N)CC1. The molecule has 1 spiro atoms. The molecule has 9 heteroatoms. The highest BCUT2D eigenvalue weighted by Crippen LogP contribution is 2.52. The van der Waals surface area contributed by atoms with Gasteiger partial charge in [-0.15, -0.1) is 0 Å². The number of amides is 1. The summed E-state index contributed by atoms with van der Waals surface area (Å²) in [6.45, 7) is 21.2. The first-order valence-corrected chi connectivity index (χ1v) is 18.9. The molecule has 2 saturated heterocycles. The van der Waals surface area contributed by atoms with Crippen LogP contribution in [0.25, 0.3) is 17.2 Å². The van der Waals surface area contributed by atoms with Gasteiger partial charge in [0.05, 0.1) is 34.5 Å². The van der Waals surface area contributed by atoms with Crippen molar-refractivity contribution in [1.29, 1.82) is 5.41 Å². The van der Waals surface area contributed by atoms with Gasteiger partial charge in [0.1, 0.15) is 5.82 Å². The number of hydrogen-bond donors (Lipinski definition) is 1. The number of carbonyl (C=O) groups excluding carboxylic acids is 1. The highest BCUT2D eigenvalue weighted by Gasteiger charge is 2.55. The molecule has 2 atom stereocenters. The number of likely N-dealkylation sites (tertiary alicyclic amines) is 2. The minimum atomic E-state index is -0.545. The summed E-state index contributed by atoms with van der Waals surface area (Å²) in [7, 11) is 0. The van der Waals surface area contributed by atoms with Crippen LogP contribution in [0.2, 0.25) is 0 Å². The van der Waals surface area contributed by atoms with Crippen molar-refractivity contribution in [3.8, 4) is 0 Å². The smallest absolute Gasteiger partial charge is 0.238 e. The van der Waals surface area contributed by atoms with Crippen LogP contribution in [0, 0.1) is 23.1 Å². The van der Waals surface area contributed by atoms with Gasteiger partial charge in [-0.05, 0) is 124 Å². The van der Waals surface area contributed by atoms with Crippen LogP contribution in [0.1, 0.15) is 96.4 Å². The Morgan fingerprint density at radius 2 is 1.80 bits per heavy atom. The number of benzene rings is 1. The van der Waals surface area contributed by atoms with Crippen LogP contribution in [0.3, 0.4) is 0 Å². The Bertz CT molecular complexity index is 1960. The number of amidine groups is 1. The molecule has 1 saturated carbocycles. The number of carbonyl (C=O) groups is 1. The molecule has 1 N–H and O–H groups in total. The van der Waals surface area contributed by atoms with Crippen LogP contribution in [0.4, 0.5) is 10.1 Å². The number of pyridine rings is 1. The Morgan fingerprint density at radius 1 is 1.10 bits per heavy atom. The molecule has 1 aliphatic carbocycles. The van der Waals surface area contributed by atoms with Crippen molar-refractivity contribution >= 4 is 34.7 Å². The van der Waals surface area contributed by atoms with Gasteiger partial charge in [0.15, 0.2) is 0 Å². The number of nitrogens with zero attached hydrogens (tertiary/aromatic N) is 6. The minimum Gasteiger partial charge on any atom is -0.361 e. The average molecular weight is 692 g/mol. The third-order valence-electron chi connectivity index (χ3n) is 12.6. The van der Waals surface area contributed by atoms with E-state index in [-0.39, 0.29) is 23.8 Å². The second-order valence-electron chi connectivity index (χ2n) is 16.1. The quantitative estimate of drug-likeness (QED) is 0.229. The van der Waals surface area contributed by atoms with Crippen molar-refractivity contribution in [2.45, 2.75) is 104 Å². The summed E-state index contributed by atoms with van der Waals surface area (Å²) >= 11 is 0. The number of hydrogen-bond acceptors (Lipinski definition) is 5. The number of nitrogens with one attached hydrogen (secondary N) is 1. The fourth-order valence-corrected chi connectivity index (χ4v) is 9.01. The van der Waals surface area contributed by atoms with Gasteiger partial charge in [0, 0.05) is 56.2 Å². The van der Waals surface area contributed by atoms with E-state index in [9.17, 15) is 9.18 Å². The largest absolute Gasteiger partial charge is 0.361 e. The van der Waals surface area contributed by atoms with Crippen molar-refractivity contribution < 1.29 is 9.18 Å². The first-order valence-electron chi connectivity index (χ1n) is 18.9. The lowest BCUT2D eigenvalue weighted by atomic mass is 9.73. The molecule has 0 unspecified atom stereocenters. The third kappa shape index (κ3) is 6.36. The number of allylic oxidation sites excluding steroid dienone is 1. The monoisotopic (exact) mass is 691 g/mol. The maximum absolute atomic E-state index is 14.7. The third-order valence-corrected chi connectivity index (χ3v) is 12.6. The number of piperidine rings is 1. The number of halogens is 1. The van der Waals surface area contributed by atoms with Crippen molar-refractivity contribution in [2.75, 3.05) is 31.1 Å². The summed E-state index contributed by atoms with van der Waals surface area (Å²) in [4.78, 5) is 30.3. The fraction of sp³-hybridized carbons (Fsp3) is 0.524. The standard InChI is InChI=1S/C42H54FN7O/c1-26(2)49-25-46-38(40(49)27(3)8-9-32-12-15-45-22-37(32)43)18-28(4)33-10-11-36-39(19-33)50(35-20-34(21-35)48-23-29(5)30(6)24-48)41(51)42(36)13-16-47(17-14-42)31(7)44/h10-12,15,18-19,22,25-26,29-30,34-35,44H,4,8-9,13-14,16-17,20-21,23-24H2,1-3,5-7H3/b38-18+,40-27-,44-31?/t29-,30+,34?,35?. The van der Waals surface area contributed by atoms with E-state index in [0.717, 1.165) is 90.5 Å². The molecular weight excluding hydrogens is 638 g/mol. The number of aryl methyl sites for hydroxylation is 1. The Hall–Kier alpha value is -4.11. The molecule has 3 aliphatic heterocycles. The number of aromatic nitrogens is 3. The zero-order valence-corrected chi connectivity index (χ0v) is 31.3. The lowest BCUT2D eigenvalue weighted by molar-refractivity contribution is -0.125. The lowest BCUT2D eigenvalue weighted by Crippen LogP contribution is -2.57. The maximum atomic E-state index is 14.7. The van der Waals surface area contributed by atoms with Gasteiger partial charge < -0.3 is 14.4 Å². The summed E-state index contributed by atoms with van der Waals surface area (Å²) in [5.74, 6) is 1.97. The predicted molar refractivity (Wildman–Crippen MR) is 203 cm³/mol. The van der Waals surface area contributed by atoms with Crippen LogP contribution in [0.5, 0.6) is 0 Å². The van der Waals surface area contributed by atoms with Gasteiger partial charge in [0.2, 0.25) is 5.91 Å². The highest BCUT2D eigenvalue weighted by atomic mass is 19.1. The van der Waals surface area contributed by atoms with E-state index in [1.165, 1.54) is 6.20 Å². The molecule has 3 aromatic rings. The topological polar surface area (TPSA) is 81.4 Å².